The molecule has 0 saturated carbocycles. The zero-order valence-corrected chi connectivity index (χ0v) is 16.4. The van der Waals surface area contributed by atoms with E-state index >= 15 is 0 Å². The highest BCUT2D eigenvalue weighted by molar-refractivity contribution is 7.98. The summed E-state index contributed by atoms with van der Waals surface area (Å²) in [5.41, 5.74) is 0.927. The summed E-state index contributed by atoms with van der Waals surface area (Å²) in [6.45, 7) is 0.214. The molecule has 0 aromatic heterocycles. The Balaban J connectivity index is 1.85. The van der Waals surface area contributed by atoms with Crippen LogP contribution in [0, 0.1) is 5.82 Å². The summed E-state index contributed by atoms with van der Waals surface area (Å²) < 4.78 is 45.1. The molecule has 4 nitrogen and oxygen atoms in total. The first-order chi connectivity index (χ1) is 11.8. The van der Waals surface area contributed by atoms with E-state index in [0.717, 1.165) is 11.6 Å². The van der Waals surface area contributed by atoms with Gasteiger partial charge in [-0.2, -0.15) is 11.8 Å². The van der Waals surface area contributed by atoms with Crippen LogP contribution in [-0.2, 0) is 15.8 Å². The molecule has 0 spiro atoms. The van der Waals surface area contributed by atoms with E-state index in [1.807, 2.05) is 6.07 Å². The third-order valence-corrected chi connectivity index (χ3v) is 6.30. The van der Waals surface area contributed by atoms with Crippen LogP contribution in [0.1, 0.15) is 5.56 Å². The summed E-state index contributed by atoms with van der Waals surface area (Å²) in [6, 6.07) is 8.76. The number of ether oxygens (including phenoxy) is 1. The predicted octanol–water partition coefficient (Wildman–Crippen LogP) is 4.35. The van der Waals surface area contributed by atoms with E-state index < -0.39 is 15.8 Å². The molecular formula is C16H16Cl2FNO3S2. The van der Waals surface area contributed by atoms with Gasteiger partial charge in [-0.3, -0.25) is 0 Å². The van der Waals surface area contributed by atoms with E-state index in [-0.39, 0.29) is 17.2 Å². The SMILES string of the molecule is COc1ccc(S(=O)(=O)NCCSCc2ccc(Cl)cc2Cl)cc1F. The summed E-state index contributed by atoms with van der Waals surface area (Å²) >= 11 is 13.4. The normalized spacial score (nSPS) is 11.5. The minimum atomic E-state index is -3.77. The van der Waals surface area contributed by atoms with Gasteiger partial charge in [-0.05, 0) is 35.9 Å². The van der Waals surface area contributed by atoms with Crippen LogP contribution in [0.2, 0.25) is 10.0 Å². The highest BCUT2D eigenvalue weighted by Crippen LogP contribution is 2.24. The number of halogens is 3. The zero-order chi connectivity index (χ0) is 18.4. The van der Waals surface area contributed by atoms with Gasteiger partial charge in [0.1, 0.15) is 0 Å². The minimum absolute atomic E-state index is 0.00523. The highest BCUT2D eigenvalue weighted by Gasteiger charge is 2.16. The molecule has 0 saturated heterocycles. The third kappa shape index (κ3) is 5.76. The maximum absolute atomic E-state index is 13.6. The number of hydrogen-bond acceptors (Lipinski definition) is 4. The van der Waals surface area contributed by atoms with Gasteiger partial charge >= 0.3 is 0 Å². The van der Waals surface area contributed by atoms with Gasteiger partial charge < -0.3 is 4.74 Å². The van der Waals surface area contributed by atoms with Crippen molar-refractivity contribution in [2.75, 3.05) is 19.4 Å². The Hall–Kier alpha value is -0.990. The second-order valence-corrected chi connectivity index (χ2v) is 8.70. The van der Waals surface area contributed by atoms with Gasteiger partial charge in [0.05, 0.1) is 12.0 Å². The van der Waals surface area contributed by atoms with E-state index in [9.17, 15) is 12.8 Å². The largest absolute Gasteiger partial charge is 0.494 e. The summed E-state index contributed by atoms with van der Waals surface area (Å²) in [4.78, 5) is -0.142. The van der Waals surface area contributed by atoms with Crippen LogP contribution >= 0.6 is 35.0 Å². The van der Waals surface area contributed by atoms with Crippen LogP contribution in [0.3, 0.4) is 0 Å². The smallest absolute Gasteiger partial charge is 0.240 e. The lowest BCUT2D eigenvalue weighted by molar-refractivity contribution is 0.385. The average molecular weight is 424 g/mol. The molecule has 2 aromatic carbocycles. The summed E-state index contributed by atoms with van der Waals surface area (Å²) in [5.74, 6) is 0.442. The highest BCUT2D eigenvalue weighted by atomic mass is 35.5. The molecule has 0 aliphatic rings. The quantitative estimate of drug-likeness (QED) is 0.641. The van der Waals surface area contributed by atoms with Crippen LogP contribution in [0.25, 0.3) is 0 Å². The summed E-state index contributed by atoms with van der Waals surface area (Å²) in [6.07, 6.45) is 0. The minimum Gasteiger partial charge on any atom is -0.494 e. The number of nitrogens with one attached hydrogen (secondary N) is 1. The van der Waals surface area contributed by atoms with E-state index in [1.54, 1.807) is 12.1 Å². The Labute approximate surface area is 160 Å². The number of benzene rings is 2. The van der Waals surface area contributed by atoms with Crippen molar-refractivity contribution in [3.05, 3.63) is 57.8 Å². The van der Waals surface area contributed by atoms with E-state index in [0.29, 0.717) is 21.6 Å². The van der Waals surface area contributed by atoms with Crippen molar-refractivity contribution >= 4 is 45.0 Å². The number of hydrogen-bond donors (Lipinski definition) is 1. The third-order valence-electron chi connectivity index (χ3n) is 3.24. The molecule has 9 heteroatoms. The molecule has 2 aromatic rings. The van der Waals surface area contributed by atoms with E-state index in [2.05, 4.69) is 4.72 Å². The van der Waals surface area contributed by atoms with Crippen molar-refractivity contribution in [2.24, 2.45) is 0 Å². The number of rotatable bonds is 8. The Morgan fingerprint density at radius 2 is 1.96 bits per heavy atom. The van der Waals surface area contributed by atoms with E-state index in [1.165, 1.54) is 31.0 Å². The van der Waals surface area contributed by atoms with Crippen molar-refractivity contribution in [1.29, 1.82) is 0 Å². The number of sulfonamides is 1. The lowest BCUT2D eigenvalue weighted by atomic mass is 10.2. The van der Waals surface area contributed by atoms with Gasteiger partial charge in [-0.15, -0.1) is 0 Å². The Morgan fingerprint density at radius 3 is 2.60 bits per heavy atom. The van der Waals surface area contributed by atoms with E-state index in [4.69, 9.17) is 27.9 Å². The van der Waals surface area contributed by atoms with Crippen LogP contribution in [-0.4, -0.2) is 27.8 Å². The summed E-state index contributed by atoms with van der Waals surface area (Å²) in [5, 5.41) is 1.15. The molecule has 2 rings (SSSR count). The van der Waals surface area contributed by atoms with Gasteiger partial charge in [0, 0.05) is 28.1 Å². The monoisotopic (exact) mass is 423 g/mol. The first-order valence-corrected chi connectivity index (χ1v) is 10.6. The molecule has 0 aliphatic carbocycles. The van der Waals surface area contributed by atoms with Crippen LogP contribution in [0.4, 0.5) is 4.39 Å². The van der Waals surface area contributed by atoms with Crippen molar-refractivity contribution in [3.63, 3.8) is 0 Å². The van der Waals surface area contributed by atoms with Gasteiger partial charge in [0.15, 0.2) is 11.6 Å². The molecule has 1 N–H and O–H groups in total. The molecule has 0 radical (unpaired) electrons. The van der Waals surface area contributed by atoms with Crippen LogP contribution < -0.4 is 9.46 Å². The summed E-state index contributed by atoms with van der Waals surface area (Å²) in [7, 11) is -2.45. The first kappa shape index (κ1) is 20.3. The Morgan fingerprint density at radius 1 is 1.20 bits per heavy atom. The molecule has 0 aliphatic heterocycles. The predicted molar refractivity (Wildman–Crippen MR) is 101 cm³/mol. The molecule has 0 unspecified atom stereocenters. The van der Waals surface area contributed by atoms with Crippen molar-refractivity contribution in [3.8, 4) is 5.75 Å². The lowest BCUT2D eigenvalue weighted by Crippen LogP contribution is -2.26. The maximum atomic E-state index is 13.6. The Kier molecular flexibility index (Phi) is 7.39. The van der Waals surface area contributed by atoms with Gasteiger partial charge in [-0.1, -0.05) is 29.3 Å². The molecule has 0 bridgehead atoms. The fourth-order valence-electron chi connectivity index (χ4n) is 1.97. The van der Waals surface area contributed by atoms with Crippen LogP contribution in [0.15, 0.2) is 41.3 Å². The molecular weight excluding hydrogens is 408 g/mol. The lowest BCUT2D eigenvalue weighted by Gasteiger charge is -2.09. The topological polar surface area (TPSA) is 55.4 Å². The molecule has 0 atom stereocenters. The fraction of sp³-hybridized carbons (Fsp3) is 0.250. The number of thioether (sulfide) groups is 1. The second kappa shape index (κ2) is 9.09. The maximum Gasteiger partial charge on any atom is 0.240 e. The molecule has 0 amide bonds. The molecule has 0 fully saturated rings. The first-order valence-electron chi connectivity index (χ1n) is 7.18. The molecule has 136 valence electrons. The van der Waals surface area contributed by atoms with Crippen molar-refractivity contribution in [1.82, 2.24) is 4.72 Å². The van der Waals surface area contributed by atoms with Crippen molar-refractivity contribution < 1.29 is 17.5 Å². The van der Waals surface area contributed by atoms with Crippen molar-refractivity contribution in [2.45, 2.75) is 10.6 Å². The second-order valence-electron chi connectivity index (χ2n) is 4.98. The average Bonchev–Trinajstić information content (AvgIpc) is 2.56. The Bertz CT molecular complexity index is 847. The van der Waals surface area contributed by atoms with Gasteiger partial charge in [0.25, 0.3) is 0 Å². The molecule has 25 heavy (non-hydrogen) atoms. The molecule has 0 heterocycles. The zero-order valence-electron chi connectivity index (χ0n) is 13.3. The fourth-order valence-corrected chi connectivity index (χ4v) is 4.56. The van der Waals surface area contributed by atoms with Gasteiger partial charge in [0.2, 0.25) is 10.0 Å². The van der Waals surface area contributed by atoms with Crippen LogP contribution in [0.5, 0.6) is 5.75 Å². The standard InChI is InChI=1S/C16H16Cl2FNO3S2/c1-23-16-5-4-13(9-15(16)19)25(21,22)20-6-7-24-10-11-2-3-12(17)8-14(11)18/h2-5,8-9,20H,6-7,10H2,1H3. The van der Waals surface area contributed by atoms with Gasteiger partial charge in [-0.25, -0.2) is 17.5 Å². The number of methoxy groups -OCH3 is 1.